The molecule has 1 aromatic carbocycles. The Labute approximate surface area is 175 Å². The maximum atomic E-state index is 13.0. The van der Waals surface area contributed by atoms with Crippen LogP contribution in [0.2, 0.25) is 0 Å². The second-order valence-electron chi connectivity index (χ2n) is 6.80. The highest BCUT2D eigenvalue weighted by molar-refractivity contribution is 7.89. The molecule has 3 rings (SSSR count). The standard InChI is InChI=1S/C18H25N5O6S/c1-21(7-8-27-2)18(24)15-12-23(20-19-15)13-10-22(11-13)30(25,26)17-9-14(28-3)5-6-16(17)29-4/h5-6,9,12-13H,7-8,10-11H2,1-4H3. The Hall–Kier alpha value is -2.70. The summed E-state index contributed by atoms with van der Waals surface area (Å²) >= 11 is 0. The van der Waals surface area contributed by atoms with Gasteiger partial charge in [0.25, 0.3) is 5.91 Å². The molecular formula is C18H25N5O6S. The maximum Gasteiger partial charge on any atom is 0.275 e. The molecule has 1 aromatic heterocycles. The van der Waals surface area contributed by atoms with Crippen molar-refractivity contribution in [1.82, 2.24) is 24.2 Å². The van der Waals surface area contributed by atoms with Crippen molar-refractivity contribution in [2.24, 2.45) is 0 Å². The first kappa shape index (κ1) is 22.0. The molecule has 0 atom stereocenters. The number of amides is 1. The largest absolute Gasteiger partial charge is 0.497 e. The number of ether oxygens (including phenoxy) is 3. The molecular weight excluding hydrogens is 414 g/mol. The third-order valence-electron chi connectivity index (χ3n) is 4.90. The van der Waals surface area contributed by atoms with Gasteiger partial charge in [0.1, 0.15) is 16.4 Å². The normalized spacial score (nSPS) is 14.9. The highest BCUT2D eigenvalue weighted by Crippen LogP contribution is 2.34. The monoisotopic (exact) mass is 439 g/mol. The summed E-state index contributed by atoms with van der Waals surface area (Å²) in [6.45, 7) is 1.26. The Morgan fingerprint density at radius 1 is 1.23 bits per heavy atom. The second-order valence-corrected chi connectivity index (χ2v) is 8.70. The predicted molar refractivity (Wildman–Crippen MR) is 106 cm³/mol. The number of hydrogen-bond donors (Lipinski definition) is 0. The van der Waals surface area contributed by atoms with E-state index in [2.05, 4.69) is 10.3 Å². The maximum absolute atomic E-state index is 13.0. The summed E-state index contributed by atoms with van der Waals surface area (Å²) in [5.74, 6) is 0.388. The number of methoxy groups -OCH3 is 3. The smallest absolute Gasteiger partial charge is 0.275 e. The summed E-state index contributed by atoms with van der Waals surface area (Å²) < 4.78 is 44.2. The van der Waals surface area contributed by atoms with Crippen LogP contribution in [0, 0.1) is 0 Å². The first-order valence-electron chi connectivity index (χ1n) is 9.20. The number of nitrogens with zero attached hydrogens (tertiary/aromatic N) is 5. The van der Waals surface area contributed by atoms with Crippen molar-refractivity contribution in [3.8, 4) is 11.5 Å². The molecule has 1 amide bonds. The molecule has 2 heterocycles. The number of rotatable bonds is 9. The number of carbonyl (C=O) groups is 1. The van der Waals surface area contributed by atoms with Gasteiger partial charge < -0.3 is 19.1 Å². The van der Waals surface area contributed by atoms with Crippen molar-refractivity contribution < 1.29 is 27.4 Å². The summed E-state index contributed by atoms with van der Waals surface area (Å²) in [6.07, 6.45) is 1.53. The highest BCUT2D eigenvalue weighted by atomic mass is 32.2. The minimum atomic E-state index is -3.77. The third-order valence-corrected chi connectivity index (χ3v) is 6.75. The summed E-state index contributed by atoms with van der Waals surface area (Å²) in [7, 11) is 2.32. The van der Waals surface area contributed by atoms with E-state index in [-0.39, 0.29) is 41.4 Å². The molecule has 0 unspecified atom stereocenters. The first-order chi connectivity index (χ1) is 14.3. The lowest BCUT2D eigenvalue weighted by Gasteiger charge is -2.37. The van der Waals surface area contributed by atoms with Crippen LogP contribution in [0.4, 0.5) is 0 Å². The molecule has 0 spiro atoms. The van der Waals surface area contributed by atoms with Gasteiger partial charge in [-0.15, -0.1) is 5.10 Å². The number of carbonyl (C=O) groups excluding carboxylic acids is 1. The Kier molecular flexibility index (Phi) is 6.58. The van der Waals surface area contributed by atoms with Crippen molar-refractivity contribution in [3.05, 3.63) is 30.1 Å². The number of likely N-dealkylation sites (N-methyl/N-ethyl adjacent to an activating group) is 1. The van der Waals surface area contributed by atoms with E-state index >= 15 is 0 Å². The van der Waals surface area contributed by atoms with Crippen LogP contribution < -0.4 is 9.47 Å². The van der Waals surface area contributed by atoms with Crippen molar-refractivity contribution in [2.75, 3.05) is 54.6 Å². The molecule has 0 radical (unpaired) electrons. The minimum absolute atomic E-state index is 0.0389. The van der Waals surface area contributed by atoms with E-state index in [9.17, 15) is 13.2 Å². The zero-order valence-corrected chi connectivity index (χ0v) is 18.1. The molecule has 1 saturated heterocycles. The summed E-state index contributed by atoms with van der Waals surface area (Å²) in [6, 6.07) is 4.41. The van der Waals surface area contributed by atoms with Crippen LogP contribution >= 0.6 is 0 Å². The minimum Gasteiger partial charge on any atom is -0.497 e. The fraction of sp³-hybridized carbons (Fsp3) is 0.500. The fourth-order valence-electron chi connectivity index (χ4n) is 2.98. The number of hydrogen-bond acceptors (Lipinski definition) is 8. The van der Waals surface area contributed by atoms with Gasteiger partial charge in [-0.25, -0.2) is 13.1 Å². The molecule has 12 heteroatoms. The van der Waals surface area contributed by atoms with E-state index in [1.54, 1.807) is 26.3 Å². The van der Waals surface area contributed by atoms with E-state index in [1.165, 1.54) is 40.4 Å². The first-order valence-corrected chi connectivity index (χ1v) is 10.6. The molecule has 164 valence electrons. The molecule has 11 nitrogen and oxygen atoms in total. The zero-order chi connectivity index (χ0) is 21.9. The molecule has 0 aliphatic carbocycles. The third kappa shape index (κ3) is 4.25. The van der Waals surface area contributed by atoms with Crippen LogP contribution in [-0.2, 0) is 14.8 Å². The van der Waals surface area contributed by atoms with E-state index in [0.29, 0.717) is 18.9 Å². The average molecular weight is 439 g/mol. The molecule has 0 saturated carbocycles. The summed E-state index contributed by atoms with van der Waals surface area (Å²) in [5.41, 5.74) is 0.198. The van der Waals surface area contributed by atoms with E-state index in [1.807, 2.05) is 0 Å². The molecule has 1 aliphatic heterocycles. The Morgan fingerprint density at radius 3 is 2.60 bits per heavy atom. The van der Waals surface area contributed by atoms with Crippen LogP contribution in [0.3, 0.4) is 0 Å². The lowest BCUT2D eigenvalue weighted by atomic mass is 10.2. The van der Waals surface area contributed by atoms with Gasteiger partial charge >= 0.3 is 0 Å². The predicted octanol–water partition coefficient (Wildman–Crippen LogP) is 0.259. The average Bonchev–Trinajstić information content (AvgIpc) is 3.19. The Bertz CT molecular complexity index is 1000. The fourth-order valence-corrected chi connectivity index (χ4v) is 4.67. The van der Waals surface area contributed by atoms with Crippen molar-refractivity contribution >= 4 is 15.9 Å². The number of aromatic nitrogens is 3. The van der Waals surface area contributed by atoms with Crippen LogP contribution in [0.25, 0.3) is 0 Å². The number of benzene rings is 1. The lowest BCUT2D eigenvalue weighted by Crippen LogP contribution is -2.50. The van der Waals surface area contributed by atoms with Crippen molar-refractivity contribution in [2.45, 2.75) is 10.9 Å². The lowest BCUT2D eigenvalue weighted by molar-refractivity contribution is 0.0738. The highest BCUT2D eigenvalue weighted by Gasteiger charge is 2.40. The van der Waals surface area contributed by atoms with Crippen LogP contribution in [0.5, 0.6) is 11.5 Å². The topological polar surface area (TPSA) is 116 Å². The van der Waals surface area contributed by atoms with E-state index in [0.717, 1.165) is 0 Å². The van der Waals surface area contributed by atoms with Crippen LogP contribution in [0.15, 0.2) is 29.3 Å². The van der Waals surface area contributed by atoms with E-state index in [4.69, 9.17) is 14.2 Å². The van der Waals surface area contributed by atoms with E-state index < -0.39 is 10.0 Å². The second kappa shape index (κ2) is 8.98. The van der Waals surface area contributed by atoms with Crippen LogP contribution in [-0.4, -0.2) is 93.1 Å². The van der Waals surface area contributed by atoms with Gasteiger partial charge in [-0.2, -0.15) is 4.31 Å². The molecule has 0 bridgehead atoms. The van der Waals surface area contributed by atoms with Crippen molar-refractivity contribution in [1.29, 1.82) is 0 Å². The zero-order valence-electron chi connectivity index (χ0n) is 17.3. The van der Waals surface area contributed by atoms with Gasteiger partial charge in [0.15, 0.2) is 5.69 Å². The van der Waals surface area contributed by atoms with Gasteiger partial charge in [0.2, 0.25) is 10.0 Å². The van der Waals surface area contributed by atoms with Gasteiger partial charge in [-0.3, -0.25) is 4.79 Å². The Balaban J connectivity index is 1.69. The number of sulfonamides is 1. The summed E-state index contributed by atoms with van der Waals surface area (Å²) in [5, 5.41) is 7.91. The van der Waals surface area contributed by atoms with Gasteiger partial charge in [0.05, 0.1) is 33.1 Å². The van der Waals surface area contributed by atoms with Crippen LogP contribution in [0.1, 0.15) is 16.5 Å². The van der Waals surface area contributed by atoms with Gasteiger partial charge in [0, 0.05) is 39.9 Å². The molecule has 0 N–H and O–H groups in total. The van der Waals surface area contributed by atoms with Gasteiger partial charge in [-0.1, -0.05) is 5.21 Å². The molecule has 1 fully saturated rings. The van der Waals surface area contributed by atoms with Crippen molar-refractivity contribution in [3.63, 3.8) is 0 Å². The molecule has 2 aromatic rings. The summed E-state index contributed by atoms with van der Waals surface area (Å²) in [4.78, 5) is 13.9. The molecule has 30 heavy (non-hydrogen) atoms. The van der Waals surface area contributed by atoms with Gasteiger partial charge in [-0.05, 0) is 12.1 Å². The molecule has 1 aliphatic rings. The Morgan fingerprint density at radius 2 is 1.97 bits per heavy atom. The SMILES string of the molecule is COCCN(C)C(=O)c1cn(C2CN(S(=O)(=O)c3cc(OC)ccc3OC)C2)nn1. The quantitative estimate of drug-likeness (QED) is 0.546.